The predicted molar refractivity (Wildman–Crippen MR) is 65.5 cm³/mol. The van der Waals surface area contributed by atoms with Gasteiger partial charge in [-0.15, -0.1) is 0 Å². The van der Waals surface area contributed by atoms with Crippen LogP contribution >= 0.6 is 0 Å². The van der Waals surface area contributed by atoms with Gasteiger partial charge in [-0.1, -0.05) is 0 Å². The number of hydrogen-bond acceptors (Lipinski definition) is 3. The SMILES string of the molecule is CC1(C)CCC(COc2ccc(F)cc2C=O)O1. The van der Waals surface area contributed by atoms with Crippen LogP contribution in [0.25, 0.3) is 0 Å². The second kappa shape index (κ2) is 5.06. The first-order valence-corrected chi connectivity index (χ1v) is 6.05. The molecule has 1 fully saturated rings. The fourth-order valence-corrected chi connectivity index (χ4v) is 2.12. The Morgan fingerprint density at radius 3 is 2.94 bits per heavy atom. The van der Waals surface area contributed by atoms with Crippen molar-refractivity contribution >= 4 is 6.29 Å². The maximum absolute atomic E-state index is 12.9. The number of aldehydes is 1. The highest BCUT2D eigenvalue weighted by atomic mass is 19.1. The molecule has 0 aromatic heterocycles. The van der Waals surface area contributed by atoms with Crippen molar-refractivity contribution in [2.45, 2.75) is 38.4 Å². The van der Waals surface area contributed by atoms with Crippen LogP contribution < -0.4 is 4.74 Å². The molecule has 0 radical (unpaired) electrons. The average Bonchev–Trinajstić information content (AvgIpc) is 2.67. The van der Waals surface area contributed by atoms with Gasteiger partial charge in [0, 0.05) is 0 Å². The number of hydrogen-bond donors (Lipinski definition) is 0. The molecule has 4 heteroatoms. The van der Waals surface area contributed by atoms with Gasteiger partial charge in [0.25, 0.3) is 0 Å². The van der Waals surface area contributed by atoms with E-state index in [2.05, 4.69) is 0 Å². The number of carbonyl (C=O) groups excluding carboxylic acids is 1. The summed E-state index contributed by atoms with van der Waals surface area (Å²) in [6.07, 6.45) is 2.55. The Morgan fingerprint density at radius 2 is 2.33 bits per heavy atom. The van der Waals surface area contributed by atoms with Crippen molar-refractivity contribution in [2.75, 3.05) is 6.61 Å². The lowest BCUT2D eigenvalue weighted by atomic mass is 10.1. The molecule has 1 saturated heterocycles. The van der Waals surface area contributed by atoms with Crippen LogP contribution in [-0.2, 0) is 4.74 Å². The summed E-state index contributed by atoms with van der Waals surface area (Å²) < 4.78 is 24.3. The maximum atomic E-state index is 12.9. The van der Waals surface area contributed by atoms with Gasteiger partial charge in [0.1, 0.15) is 18.2 Å². The highest BCUT2D eigenvalue weighted by molar-refractivity contribution is 5.79. The molecule has 1 atom stereocenters. The third-order valence-corrected chi connectivity index (χ3v) is 3.08. The molecular formula is C14H17FO3. The Bertz CT molecular complexity index is 443. The lowest BCUT2D eigenvalue weighted by Crippen LogP contribution is -2.24. The maximum Gasteiger partial charge on any atom is 0.153 e. The van der Waals surface area contributed by atoms with Crippen LogP contribution in [0.15, 0.2) is 18.2 Å². The van der Waals surface area contributed by atoms with Gasteiger partial charge in [-0.2, -0.15) is 0 Å². The molecule has 1 aliphatic rings. The molecule has 0 aliphatic carbocycles. The first-order valence-electron chi connectivity index (χ1n) is 6.05. The molecule has 1 aromatic carbocycles. The number of benzene rings is 1. The molecule has 1 heterocycles. The zero-order valence-electron chi connectivity index (χ0n) is 10.6. The van der Waals surface area contributed by atoms with E-state index in [0.717, 1.165) is 12.8 Å². The molecular weight excluding hydrogens is 235 g/mol. The average molecular weight is 252 g/mol. The number of carbonyl (C=O) groups is 1. The lowest BCUT2D eigenvalue weighted by Gasteiger charge is -2.19. The quantitative estimate of drug-likeness (QED) is 0.773. The molecule has 0 bridgehead atoms. The van der Waals surface area contributed by atoms with Crippen LogP contribution in [0, 0.1) is 5.82 Å². The van der Waals surface area contributed by atoms with Gasteiger partial charge < -0.3 is 9.47 Å². The van der Waals surface area contributed by atoms with Crippen LogP contribution in [0.4, 0.5) is 4.39 Å². The van der Waals surface area contributed by atoms with E-state index in [0.29, 0.717) is 18.6 Å². The van der Waals surface area contributed by atoms with E-state index in [1.165, 1.54) is 18.2 Å². The van der Waals surface area contributed by atoms with Crippen molar-refractivity contribution in [1.29, 1.82) is 0 Å². The van der Waals surface area contributed by atoms with Gasteiger partial charge in [-0.05, 0) is 44.9 Å². The normalized spacial score (nSPS) is 21.8. The zero-order chi connectivity index (χ0) is 13.2. The van der Waals surface area contributed by atoms with Crippen LogP contribution in [-0.4, -0.2) is 24.6 Å². The van der Waals surface area contributed by atoms with E-state index in [-0.39, 0.29) is 17.3 Å². The topological polar surface area (TPSA) is 35.5 Å². The molecule has 1 aromatic rings. The Morgan fingerprint density at radius 1 is 1.56 bits per heavy atom. The predicted octanol–water partition coefficient (Wildman–Crippen LogP) is 2.97. The van der Waals surface area contributed by atoms with E-state index in [1.807, 2.05) is 13.8 Å². The number of halogens is 1. The van der Waals surface area contributed by atoms with Crippen LogP contribution in [0.5, 0.6) is 5.75 Å². The van der Waals surface area contributed by atoms with Gasteiger partial charge >= 0.3 is 0 Å². The van der Waals surface area contributed by atoms with E-state index in [4.69, 9.17) is 9.47 Å². The Kier molecular flexibility index (Phi) is 3.66. The molecule has 2 rings (SSSR count). The van der Waals surface area contributed by atoms with Crippen molar-refractivity contribution in [3.63, 3.8) is 0 Å². The summed E-state index contributed by atoms with van der Waals surface area (Å²) in [6, 6.07) is 3.92. The third kappa shape index (κ3) is 3.07. The molecule has 0 spiro atoms. The summed E-state index contributed by atoms with van der Waals surface area (Å²) in [6.45, 7) is 4.47. The van der Waals surface area contributed by atoms with Crippen LogP contribution in [0.2, 0.25) is 0 Å². The zero-order valence-corrected chi connectivity index (χ0v) is 10.6. The summed E-state index contributed by atoms with van der Waals surface area (Å²) in [7, 11) is 0. The van der Waals surface area contributed by atoms with Crippen LogP contribution in [0.3, 0.4) is 0 Å². The fraction of sp³-hybridized carbons (Fsp3) is 0.500. The molecule has 3 nitrogen and oxygen atoms in total. The summed E-state index contributed by atoms with van der Waals surface area (Å²) in [4.78, 5) is 10.8. The van der Waals surface area contributed by atoms with Crippen molar-refractivity contribution in [1.82, 2.24) is 0 Å². The Balaban J connectivity index is 1.96. The summed E-state index contributed by atoms with van der Waals surface area (Å²) in [5.41, 5.74) is 0.122. The van der Waals surface area contributed by atoms with E-state index >= 15 is 0 Å². The monoisotopic (exact) mass is 252 g/mol. The molecule has 1 unspecified atom stereocenters. The molecule has 1 aliphatic heterocycles. The van der Waals surface area contributed by atoms with Crippen molar-refractivity contribution < 1.29 is 18.7 Å². The Labute approximate surface area is 106 Å². The van der Waals surface area contributed by atoms with E-state index in [1.54, 1.807) is 0 Å². The first kappa shape index (κ1) is 13.0. The molecule has 98 valence electrons. The molecule has 0 saturated carbocycles. The largest absolute Gasteiger partial charge is 0.490 e. The minimum Gasteiger partial charge on any atom is -0.490 e. The van der Waals surface area contributed by atoms with Crippen molar-refractivity contribution in [3.05, 3.63) is 29.6 Å². The van der Waals surface area contributed by atoms with Gasteiger partial charge in [-0.25, -0.2) is 4.39 Å². The van der Waals surface area contributed by atoms with Gasteiger partial charge in [0.2, 0.25) is 0 Å². The minimum absolute atomic E-state index is 0.0320. The van der Waals surface area contributed by atoms with Gasteiger partial charge in [-0.3, -0.25) is 4.79 Å². The Hall–Kier alpha value is -1.42. The van der Waals surface area contributed by atoms with Crippen molar-refractivity contribution in [3.8, 4) is 5.75 Å². The van der Waals surface area contributed by atoms with Crippen LogP contribution in [0.1, 0.15) is 37.0 Å². The molecule has 18 heavy (non-hydrogen) atoms. The highest BCUT2D eigenvalue weighted by Gasteiger charge is 2.31. The number of ether oxygens (including phenoxy) is 2. The highest BCUT2D eigenvalue weighted by Crippen LogP contribution is 2.30. The first-order chi connectivity index (χ1) is 8.50. The summed E-state index contributed by atoms with van der Waals surface area (Å²) >= 11 is 0. The third-order valence-electron chi connectivity index (χ3n) is 3.08. The van der Waals surface area contributed by atoms with E-state index in [9.17, 15) is 9.18 Å². The summed E-state index contributed by atoms with van der Waals surface area (Å²) in [5, 5.41) is 0. The van der Waals surface area contributed by atoms with Gasteiger partial charge in [0.15, 0.2) is 6.29 Å². The molecule has 0 N–H and O–H groups in total. The smallest absolute Gasteiger partial charge is 0.153 e. The summed E-state index contributed by atoms with van der Waals surface area (Å²) in [5.74, 6) is -0.0394. The second-order valence-electron chi connectivity index (χ2n) is 5.15. The van der Waals surface area contributed by atoms with Gasteiger partial charge in [0.05, 0.1) is 17.3 Å². The second-order valence-corrected chi connectivity index (χ2v) is 5.15. The van der Waals surface area contributed by atoms with Crippen molar-refractivity contribution in [2.24, 2.45) is 0 Å². The minimum atomic E-state index is -0.442. The van der Waals surface area contributed by atoms with E-state index < -0.39 is 5.82 Å². The standard InChI is InChI=1S/C14H17FO3/c1-14(2)6-5-12(18-14)9-17-13-4-3-11(15)7-10(13)8-16/h3-4,7-8,12H,5-6,9H2,1-2H3. The number of rotatable bonds is 4. The molecule has 0 amide bonds. The lowest BCUT2D eigenvalue weighted by molar-refractivity contribution is -0.0327. The fourth-order valence-electron chi connectivity index (χ4n) is 2.12.